The minimum absolute atomic E-state index is 0.243. The van der Waals surface area contributed by atoms with Gasteiger partial charge in [0, 0.05) is 11.8 Å². The zero-order valence-electron chi connectivity index (χ0n) is 9.59. The molecule has 0 bridgehead atoms. The van der Waals surface area contributed by atoms with Crippen LogP contribution in [0.5, 0.6) is 5.88 Å². The molecule has 6 heteroatoms. The van der Waals surface area contributed by atoms with Gasteiger partial charge in [-0.15, -0.1) is 0 Å². The molecule has 2 rings (SSSR count). The van der Waals surface area contributed by atoms with E-state index < -0.39 is 5.82 Å². The molecule has 2 aromatic heterocycles. The van der Waals surface area contributed by atoms with Crippen molar-refractivity contribution in [1.82, 2.24) is 15.0 Å². The minimum atomic E-state index is -0.682. The number of halogens is 1. The van der Waals surface area contributed by atoms with Crippen LogP contribution in [0.4, 0.5) is 4.39 Å². The molecular formula is C12H9FN4O. The van der Waals surface area contributed by atoms with E-state index in [1.54, 1.807) is 6.07 Å². The highest BCUT2D eigenvalue weighted by molar-refractivity contribution is 5.58. The fraction of sp³-hybridized carbons (Fsp3) is 0.167. The summed E-state index contributed by atoms with van der Waals surface area (Å²) in [5, 5.41) is 8.59. The van der Waals surface area contributed by atoms with Gasteiger partial charge in [-0.05, 0) is 13.0 Å². The summed E-state index contributed by atoms with van der Waals surface area (Å²) in [6.07, 6.45) is 4.33. The first kappa shape index (κ1) is 11.9. The molecule has 2 heterocycles. The van der Waals surface area contributed by atoms with Crippen molar-refractivity contribution in [1.29, 1.82) is 5.26 Å². The van der Waals surface area contributed by atoms with Gasteiger partial charge in [0.05, 0.1) is 24.7 Å². The van der Waals surface area contributed by atoms with E-state index in [4.69, 9.17) is 10.00 Å². The van der Waals surface area contributed by atoms with Crippen molar-refractivity contribution in [3.63, 3.8) is 0 Å². The smallest absolute Gasteiger partial charge is 0.232 e. The van der Waals surface area contributed by atoms with E-state index in [1.807, 2.05) is 6.92 Å². The normalized spacial score (nSPS) is 9.83. The highest BCUT2D eigenvalue weighted by atomic mass is 19.1. The van der Waals surface area contributed by atoms with E-state index in [1.165, 1.54) is 24.7 Å². The maximum atomic E-state index is 13.4. The Morgan fingerprint density at radius 3 is 2.89 bits per heavy atom. The fourth-order valence-electron chi connectivity index (χ4n) is 1.36. The molecule has 0 aliphatic heterocycles. The molecule has 0 atom stereocenters. The van der Waals surface area contributed by atoms with Crippen molar-refractivity contribution in [3.8, 4) is 23.2 Å². The summed E-state index contributed by atoms with van der Waals surface area (Å²) >= 11 is 0. The Labute approximate surface area is 103 Å². The molecule has 0 spiro atoms. The highest BCUT2D eigenvalue weighted by Crippen LogP contribution is 2.19. The number of hydrogen-bond donors (Lipinski definition) is 0. The molecule has 18 heavy (non-hydrogen) atoms. The zero-order valence-corrected chi connectivity index (χ0v) is 9.59. The van der Waals surface area contributed by atoms with Gasteiger partial charge in [-0.3, -0.25) is 4.98 Å². The maximum Gasteiger partial charge on any atom is 0.232 e. The molecule has 0 N–H and O–H groups in total. The van der Waals surface area contributed by atoms with Crippen LogP contribution in [-0.2, 0) is 0 Å². The van der Waals surface area contributed by atoms with Gasteiger partial charge in [-0.1, -0.05) is 0 Å². The van der Waals surface area contributed by atoms with E-state index in [-0.39, 0.29) is 5.69 Å². The summed E-state index contributed by atoms with van der Waals surface area (Å²) in [6, 6.07) is 2.86. The first-order valence-electron chi connectivity index (χ1n) is 5.25. The third-order valence-corrected chi connectivity index (χ3v) is 2.15. The Balaban J connectivity index is 2.40. The van der Waals surface area contributed by atoms with Gasteiger partial charge in [0.25, 0.3) is 0 Å². The summed E-state index contributed by atoms with van der Waals surface area (Å²) in [4.78, 5) is 11.8. The van der Waals surface area contributed by atoms with Gasteiger partial charge < -0.3 is 4.74 Å². The maximum absolute atomic E-state index is 13.4. The third kappa shape index (κ3) is 2.40. The van der Waals surface area contributed by atoms with Gasteiger partial charge in [0.2, 0.25) is 5.88 Å². The van der Waals surface area contributed by atoms with Crippen LogP contribution in [0.15, 0.2) is 24.7 Å². The summed E-state index contributed by atoms with van der Waals surface area (Å²) in [6.45, 7) is 2.30. The second-order valence-electron chi connectivity index (χ2n) is 3.34. The van der Waals surface area contributed by atoms with Crippen LogP contribution in [0, 0.1) is 17.1 Å². The van der Waals surface area contributed by atoms with Gasteiger partial charge in [0.1, 0.15) is 6.07 Å². The number of nitriles is 1. The lowest BCUT2D eigenvalue weighted by atomic mass is 10.2. The molecule has 0 amide bonds. The quantitative estimate of drug-likeness (QED) is 0.825. The topological polar surface area (TPSA) is 71.7 Å². The van der Waals surface area contributed by atoms with Crippen molar-refractivity contribution >= 4 is 0 Å². The minimum Gasteiger partial charge on any atom is -0.477 e. The van der Waals surface area contributed by atoms with Gasteiger partial charge in [0.15, 0.2) is 11.5 Å². The molecule has 0 aliphatic rings. The SMILES string of the molecule is CCOc1cncc(-c2cnc(C#N)c(F)c2)n1. The van der Waals surface area contributed by atoms with Crippen molar-refractivity contribution in [2.45, 2.75) is 6.92 Å². The summed E-state index contributed by atoms with van der Waals surface area (Å²) in [5.41, 5.74) is 0.644. The second kappa shape index (κ2) is 5.19. The van der Waals surface area contributed by atoms with Crippen LogP contribution in [0.3, 0.4) is 0 Å². The molecule has 90 valence electrons. The van der Waals surface area contributed by atoms with Crippen LogP contribution in [0.2, 0.25) is 0 Å². The molecule has 0 aromatic carbocycles. The Morgan fingerprint density at radius 2 is 2.22 bits per heavy atom. The van der Waals surface area contributed by atoms with Gasteiger partial charge >= 0.3 is 0 Å². The standard InChI is InChI=1S/C12H9FN4O/c1-2-18-12-7-15-6-11(17-12)8-3-9(13)10(4-14)16-5-8/h3,5-7H,2H2,1H3. The molecule has 0 unspecified atom stereocenters. The molecule has 2 aromatic rings. The fourth-order valence-corrected chi connectivity index (χ4v) is 1.36. The average molecular weight is 244 g/mol. The van der Waals surface area contributed by atoms with Gasteiger partial charge in [-0.2, -0.15) is 5.26 Å². The van der Waals surface area contributed by atoms with E-state index in [9.17, 15) is 4.39 Å². The van der Waals surface area contributed by atoms with Crippen molar-refractivity contribution in [3.05, 3.63) is 36.2 Å². The highest BCUT2D eigenvalue weighted by Gasteiger charge is 2.08. The van der Waals surface area contributed by atoms with Crippen LogP contribution in [-0.4, -0.2) is 21.6 Å². The van der Waals surface area contributed by atoms with Crippen LogP contribution >= 0.6 is 0 Å². The van der Waals surface area contributed by atoms with Crippen molar-refractivity contribution in [2.24, 2.45) is 0 Å². The van der Waals surface area contributed by atoms with Crippen LogP contribution < -0.4 is 4.74 Å². The molecule has 5 nitrogen and oxygen atoms in total. The zero-order chi connectivity index (χ0) is 13.0. The molecule has 0 saturated heterocycles. The summed E-state index contributed by atoms with van der Waals surface area (Å²) in [7, 11) is 0. The van der Waals surface area contributed by atoms with Gasteiger partial charge in [-0.25, -0.2) is 14.4 Å². The van der Waals surface area contributed by atoms with E-state index >= 15 is 0 Å². The van der Waals surface area contributed by atoms with Crippen LogP contribution in [0.1, 0.15) is 12.6 Å². The lowest BCUT2D eigenvalue weighted by Gasteiger charge is -2.04. The monoisotopic (exact) mass is 244 g/mol. The molecule has 0 fully saturated rings. The number of rotatable bonds is 3. The summed E-state index contributed by atoms with van der Waals surface area (Å²) < 4.78 is 18.6. The molecule has 0 saturated carbocycles. The molecule has 0 radical (unpaired) electrons. The Kier molecular flexibility index (Phi) is 3.44. The predicted octanol–water partition coefficient (Wildman–Crippen LogP) is 1.95. The van der Waals surface area contributed by atoms with E-state index in [0.717, 1.165) is 0 Å². The lowest BCUT2D eigenvalue weighted by Crippen LogP contribution is -1.97. The Hall–Kier alpha value is -2.55. The van der Waals surface area contributed by atoms with Crippen LogP contribution in [0.25, 0.3) is 11.3 Å². The number of hydrogen-bond acceptors (Lipinski definition) is 5. The first-order chi connectivity index (χ1) is 8.74. The van der Waals surface area contributed by atoms with Crippen molar-refractivity contribution in [2.75, 3.05) is 6.61 Å². The largest absolute Gasteiger partial charge is 0.477 e. The Bertz CT molecular complexity index is 609. The second-order valence-corrected chi connectivity index (χ2v) is 3.34. The van der Waals surface area contributed by atoms with Crippen molar-refractivity contribution < 1.29 is 9.13 Å². The van der Waals surface area contributed by atoms with E-state index in [0.29, 0.717) is 23.7 Å². The predicted molar refractivity (Wildman–Crippen MR) is 61.1 cm³/mol. The first-order valence-corrected chi connectivity index (χ1v) is 5.25. The van der Waals surface area contributed by atoms with E-state index in [2.05, 4.69) is 15.0 Å². The third-order valence-electron chi connectivity index (χ3n) is 2.15. The number of pyridine rings is 1. The molecular weight excluding hydrogens is 235 g/mol. The lowest BCUT2D eigenvalue weighted by molar-refractivity contribution is 0.325. The summed E-state index contributed by atoms with van der Waals surface area (Å²) in [5.74, 6) is -0.321. The molecule has 0 aliphatic carbocycles. The number of ether oxygens (including phenoxy) is 1. The number of aromatic nitrogens is 3. The Morgan fingerprint density at radius 1 is 1.39 bits per heavy atom. The average Bonchev–Trinajstić information content (AvgIpc) is 2.39. The number of nitrogens with zero attached hydrogens (tertiary/aromatic N) is 4.